The summed E-state index contributed by atoms with van der Waals surface area (Å²) in [5, 5.41) is 0. The molecule has 2 heterocycles. The van der Waals surface area contributed by atoms with Crippen molar-refractivity contribution in [2.45, 2.75) is 11.4 Å². The number of carbonyl (C=O) groups is 1. The van der Waals surface area contributed by atoms with Crippen molar-refractivity contribution in [1.82, 2.24) is 14.7 Å². The molecule has 2 rings (SSSR count). The van der Waals surface area contributed by atoms with Gasteiger partial charge < -0.3 is 9.72 Å². The van der Waals surface area contributed by atoms with Gasteiger partial charge in [-0.2, -0.15) is 0 Å². The van der Waals surface area contributed by atoms with E-state index in [0.29, 0.717) is 9.48 Å². The zero-order chi connectivity index (χ0) is 14.8. The first-order chi connectivity index (χ1) is 9.44. The van der Waals surface area contributed by atoms with Gasteiger partial charge in [-0.15, -0.1) is 11.3 Å². The number of hydrogen-bond acceptors (Lipinski definition) is 6. The van der Waals surface area contributed by atoms with Gasteiger partial charge in [0.1, 0.15) is 9.77 Å². The summed E-state index contributed by atoms with van der Waals surface area (Å²) >= 11 is 4.14. The maximum Gasteiger partial charge on any atom is 0.348 e. The smallest absolute Gasteiger partial charge is 0.348 e. The number of hydrogen-bond donors (Lipinski definition) is 2. The fraction of sp³-hybridized carbons (Fsp3) is 0.200. The van der Waals surface area contributed by atoms with E-state index >= 15 is 0 Å². The molecule has 0 saturated heterocycles. The number of nitrogens with zero attached hydrogens (tertiary/aromatic N) is 1. The minimum atomic E-state index is -3.73. The highest BCUT2D eigenvalue weighted by molar-refractivity contribution is 9.11. The maximum absolute atomic E-state index is 12.2. The topological polar surface area (TPSA) is 101 Å². The van der Waals surface area contributed by atoms with E-state index in [1.165, 1.54) is 25.7 Å². The molecule has 10 heteroatoms. The number of esters is 1. The number of imidazole rings is 1. The summed E-state index contributed by atoms with van der Waals surface area (Å²) in [4.78, 5) is 18.2. The first-order valence-corrected chi connectivity index (χ1v) is 8.38. The van der Waals surface area contributed by atoms with Gasteiger partial charge in [-0.05, 0) is 22.0 Å². The summed E-state index contributed by atoms with van der Waals surface area (Å²) in [5.41, 5.74) is 0.633. The molecule has 20 heavy (non-hydrogen) atoms. The van der Waals surface area contributed by atoms with Crippen LogP contribution in [0, 0.1) is 0 Å². The molecule has 0 aromatic carbocycles. The van der Waals surface area contributed by atoms with Crippen LogP contribution in [0.3, 0.4) is 0 Å². The first kappa shape index (κ1) is 15.2. The molecule has 2 aromatic heterocycles. The second kappa shape index (κ2) is 6.04. The van der Waals surface area contributed by atoms with Gasteiger partial charge in [0.25, 0.3) is 0 Å². The Morgan fingerprint density at radius 2 is 2.35 bits per heavy atom. The summed E-state index contributed by atoms with van der Waals surface area (Å²) in [6, 6.07) is 1.27. The van der Waals surface area contributed by atoms with Gasteiger partial charge in [0.05, 0.1) is 23.8 Å². The number of aromatic amines is 1. The number of methoxy groups -OCH3 is 1. The number of carbonyl (C=O) groups excluding carboxylic acids is 1. The summed E-state index contributed by atoms with van der Waals surface area (Å²) < 4.78 is 31.6. The van der Waals surface area contributed by atoms with E-state index in [-0.39, 0.29) is 16.3 Å². The number of ether oxygens (including phenoxy) is 1. The van der Waals surface area contributed by atoms with Gasteiger partial charge in [0, 0.05) is 11.9 Å². The highest BCUT2D eigenvalue weighted by Gasteiger charge is 2.23. The molecule has 0 aliphatic rings. The summed E-state index contributed by atoms with van der Waals surface area (Å²) in [5.74, 6) is -0.578. The Kier molecular flexibility index (Phi) is 4.58. The number of halogens is 1. The van der Waals surface area contributed by atoms with Gasteiger partial charge in [0.2, 0.25) is 10.0 Å². The lowest BCUT2D eigenvalue weighted by Gasteiger charge is -2.03. The number of H-pyrrole nitrogens is 1. The fourth-order valence-electron chi connectivity index (χ4n) is 1.37. The molecule has 0 aliphatic carbocycles. The molecule has 7 nitrogen and oxygen atoms in total. The molecule has 2 aromatic rings. The van der Waals surface area contributed by atoms with Crippen LogP contribution in [-0.4, -0.2) is 31.5 Å². The molecule has 0 saturated carbocycles. The van der Waals surface area contributed by atoms with Crippen LogP contribution >= 0.6 is 27.3 Å². The quantitative estimate of drug-likeness (QED) is 0.766. The lowest BCUT2D eigenvalue weighted by Crippen LogP contribution is -2.23. The van der Waals surface area contributed by atoms with E-state index in [1.54, 1.807) is 0 Å². The van der Waals surface area contributed by atoms with E-state index in [9.17, 15) is 13.2 Å². The predicted molar refractivity (Wildman–Crippen MR) is 76.0 cm³/mol. The van der Waals surface area contributed by atoms with Crippen molar-refractivity contribution in [2.75, 3.05) is 7.11 Å². The number of nitrogens with one attached hydrogen (secondary N) is 2. The lowest BCUT2D eigenvalue weighted by atomic mass is 10.5. The van der Waals surface area contributed by atoms with Crippen LogP contribution in [0.15, 0.2) is 27.3 Å². The largest absolute Gasteiger partial charge is 0.465 e. The van der Waals surface area contributed by atoms with Crippen molar-refractivity contribution in [3.8, 4) is 0 Å². The molecular weight excluding hydrogens is 370 g/mol. The molecule has 0 amide bonds. The van der Waals surface area contributed by atoms with E-state index < -0.39 is 16.0 Å². The lowest BCUT2D eigenvalue weighted by molar-refractivity contribution is 0.0606. The van der Waals surface area contributed by atoms with Crippen LogP contribution < -0.4 is 4.72 Å². The predicted octanol–water partition coefficient (Wildman–Crippen LogP) is 1.50. The Labute approximate surface area is 127 Å². The highest BCUT2D eigenvalue weighted by Crippen LogP contribution is 2.32. The van der Waals surface area contributed by atoms with Crippen LogP contribution in [-0.2, 0) is 21.3 Å². The average Bonchev–Trinajstić information content (AvgIpc) is 3.05. The summed E-state index contributed by atoms with van der Waals surface area (Å²) in [6.07, 6.45) is 2.98. The van der Waals surface area contributed by atoms with E-state index in [4.69, 9.17) is 0 Å². The molecule has 0 radical (unpaired) electrons. The molecule has 0 bridgehead atoms. The minimum absolute atomic E-state index is 0.00224. The molecule has 0 spiro atoms. The van der Waals surface area contributed by atoms with Crippen molar-refractivity contribution in [2.24, 2.45) is 0 Å². The molecule has 0 unspecified atom stereocenters. The Hall–Kier alpha value is -1.23. The van der Waals surface area contributed by atoms with Crippen molar-refractivity contribution >= 4 is 43.3 Å². The molecule has 0 fully saturated rings. The number of thiophene rings is 1. The van der Waals surface area contributed by atoms with Crippen molar-refractivity contribution < 1.29 is 17.9 Å². The molecule has 0 aliphatic heterocycles. The first-order valence-electron chi connectivity index (χ1n) is 5.28. The van der Waals surface area contributed by atoms with Crippen molar-refractivity contribution in [3.05, 3.63) is 32.9 Å². The summed E-state index contributed by atoms with van der Waals surface area (Å²) in [7, 11) is -2.49. The molecule has 108 valence electrons. The monoisotopic (exact) mass is 379 g/mol. The van der Waals surface area contributed by atoms with Crippen molar-refractivity contribution in [1.29, 1.82) is 0 Å². The van der Waals surface area contributed by atoms with Gasteiger partial charge >= 0.3 is 5.97 Å². The Bertz CT molecular complexity index is 709. The van der Waals surface area contributed by atoms with Gasteiger partial charge in [0.15, 0.2) is 0 Å². The number of aromatic nitrogens is 2. The second-order valence-electron chi connectivity index (χ2n) is 3.64. The van der Waals surface area contributed by atoms with Crippen LogP contribution in [0.4, 0.5) is 0 Å². The Balaban J connectivity index is 2.21. The fourth-order valence-corrected chi connectivity index (χ4v) is 4.86. The molecule has 2 N–H and O–H groups in total. The van der Waals surface area contributed by atoms with Crippen molar-refractivity contribution in [3.63, 3.8) is 0 Å². The maximum atomic E-state index is 12.2. The molecule has 0 atom stereocenters. The SMILES string of the molecule is COC(=O)c1cc(S(=O)(=O)NCc2cnc[nH]2)c(Br)s1. The third-order valence-electron chi connectivity index (χ3n) is 2.34. The average molecular weight is 380 g/mol. The van der Waals surface area contributed by atoms with Gasteiger partial charge in [-0.1, -0.05) is 0 Å². The number of sulfonamides is 1. The third kappa shape index (κ3) is 3.26. The molecular formula is C10H10BrN3O4S2. The van der Waals surface area contributed by atoms with Gasteiger partial charge in [-0.3, -0.25) is 0 Å². The van der Waals surface area contributed by atoms with Crippen LogP contribution in [0.5, 0.6) is 0 Å². The minimum Gasteiger partial charge on any atom is -0.465 e. The van der Waals surface area contributed by atoms with Crippen LogP contribution in [0.2, 0.25) is 0 Å². The Morgan fingerprint density at radius 3 is 2.95 bits per heavy atom. The summed E-state index contributed by atoms with van der Waals surface area (Å²) in [6.45, 7) is 0.0815. The van der Waals surface area contributed by atoms with E-state index in [0.717, 1.165) is 11.3 Å². The highest BCUT2D eigenvalue weighted by atomic mass is 79.9. The van der Waals surface area contributed by atoms with Crippen LogP contribution in [0.1, 0.15) is 15.4 Å². The number of rotatable bonds is 5. The van der Waals surface area contributed by atoms with E-state index in [2.05, 4.69) is 35.4 Å². The van der Waals surface area contributed by atoms with Gasteiger partial charge in [-0.25, -0.2) is 22.9 Å². The van der Waals surface area contributed by atoms with Crippen LogP contribution in [0.25, 0.3) is 0 Å². The zero-order valence-electron chi connectivity index (χ0n) is 10.2. The van der Waals surface area contributed by atoms with E-state index in [1.807, 2.05) is 0 Å². The normalized spacial score (nSPS) is 11.5. The third-order valence-corrected chi connectivity index (χ3v) is 5.97. The Morgan fingerprint density at radius 1 is 1.60 bits per heavy atom. The standard InChI is InChI=1S/C10H10BrN3O4S2/c1-18-10(15)7-2-8(9(11)19-7)20(16,17)14-4-6-3-12-5-13-6/h2-3,5,14H,4H2,1H3,(H,12,13). The zero-order valence-corrected chi connectivity index (χ0v) is 13.4. The second-order valence-corrected chi connectivity index (χ2v) is 7.75.